The highest BCUT2D eigenvalue weighted by Crippen LogP contribution is 2.37. The maximum atomic E-state index is 14.9. The van der Waals surface area contributed by atoms with Crippen LogP contribution in [0.3, 0.4) is 0 Å². The number of alkyl halides is 1. The maximum absolute atomic E-state index is 14.9. The monoisotopic (exact) mass is 493 g/mol. The van der Waals surface area contributed by atoms with Crippen LogP contribution in [0, 0.1) is 19.8 Å². The fourth-order valence-corrected chi connectivity index (χ4v) is 4.99. The van der Waals surface area contributed by atoms with Crippen molar-refractivity contribution in [3.63, 3.8) is 0 Å². The molecule has 0 saturated heterocycles. The number of aromatic amines is 1. The molecule has 2 saturated carbocycles. The number of ether oxygens (including phenoxy) is 1. The smallest absolute Gasteiger partial charge is 0.255 e. The molecule has 2 aliphatic carbocycles. The average Bonchev–Trinajstić information content (AvgIpc) is 3.59. The number of benzene rings is 1. The van der Waals surface area contributed by atoms with Crippen LogP contribution in [0.5, 0.6) is 5.75 Å². The van der Waals surface area contributed by atoms with E-state index < -0.39 is 12.2 Å². The first kappa shape index (κ1) is 24.2. The zero-order valence-corrected chi connectivity index (χ0v) is 20.9. The summed E-state index contributed by atoms with van der Waals surface area (Å²) < 4.78 is 21.0. The molecule has 0 aliphatic heterocycles. The summed E-state index contributed by atoms with van der Waals surface area (Å²) >= 11 is 0. The van der Waals surface area contributed by atoms with Crippen LogP contribution in [0.2, 0.25) is 0 Å². The Balaban J connectivity index is 1.41. The first-order valence-electron chi connectivity index (χ1n) is 12.6. The van der Waals surface area contributed by atoms with Crippen molar-refractivity contribution in [2.75, 3.05) is 6.61 Å². The molecule has 0 unspecified atom stereocenters. The molecule has 190 valence electrons. The Morgan fingerprint density at radius 2 is 1.94 bits per heavy atom. The number of nitrogens with zero attached hydrogens (tertiary/aromatic N) is 2. The number of hydrogen-bond acceptors (Lipinski definition) is 5. The van der Waals surface area contributed by atoms with Gasteiger partial charge >= 0.3 is 0 Å². The molecule has 1 aromatic carbocycles. The lowest BCUT2D eigenvalue weighted by molar-refractivity contribution is -0.120. The van der Waals surface area contributed by atoms with Crippen LogP contribution < -0.4 is 15.4 Å². The van der Waals surface area contributed by atoms with Gasteiger partial charge < -0.3 is 20.4 Å². The zero-order valence-electron chi connectivity index (χ0n) is 20.9. The van der Waals surface area contributed by atoms with Crippen molar-refractivity contribution in [2.24, 2.45) is 5.92 Å². The van der Waals surface area contributed by atoms with Crippen LogP contribution in [-0.4, -0.2) is 51.6 Å². The predicted octanol–water partition coefficient (Wildman–Crippen LogP) is 4.16. The van der Waals surface area contributed by atoms with E-state index in [0.717, 1.165) is 16.9 Å². The van der Waals surface area contributed by atoms with E-state index in [2.05, 4.69) is 25.6 Å². The lowest BCUT2D eigenvalue weighted by Crippen LogP contribution is -2.49. The Morgan fingerprint density at radius 1 is 1.14 bits per heavy atom. The minimum absolute atomic E-state index is 0.172. The number of halogens is 1. The standard InChI is InChI=1S/C27H32FN5O3/c1-14-4-9-22(36-12-17-5-6-17)19(10-14)24-26-25(30-13-29-24)23(15(2)31-26)27(35)33-21-8-7-18(11-20(21)28)32-16(3)34/h4,9-10,13,17-18,20-21,31H,5-8,11-12H2,1-3H3,(H,32,34)(H,33,35)/t18-,20+,21+/m0/s1. The molecule has 5 rings (SSSR count). The molecule has 3 atom stereocenters. The summed E-state index contributed by atoms with van der Waals surface area (Å²) in [5, 5.41) is 5.64. The third-order valence-electron chi connectivity index (χ3n) is 7.06. The molecule has 2 aromatic heterocycles. The molecule has 0 spiro atoms. The fraction of sp³-hybridized carbons (Fsp3) is 0.481. The summed E-state index contributed by atoms with van der Waals surface area (Å²) in [7, 11) is 0. The van der Waals surface area contributed by atoms with Crippen LogP contribution in [0.4, 0.5) is 4.39 Å². The van der Waals surface area contributed by atoms with Gasteiger partial charge in [0.1, 0.15) is 29.5 Å². The van der Waals surface area contributed by atoms with Crippen LogP contribution in [0.15, 0.2) is 24.5 Å². The van der Waals surface area contributed by atoms with E-state index in [1.54, 1.807) is 0 Å². The highest BCUT2D eigenvalue weighted by atomic mass is 19.1. The van der Waals surface area contributed by atoms with E-state index in [4.69, 9.17) is 4.74 Å². The minimum Gasteiger partial charge on any atom is -0.493 e. The number of nitrogens with one attached hydrogen (secondary N) is 3. The number of aryl methyl sites for hydroxylation is 2. The van der Waals surface area contributed by atoms with E-state index in [1.165, 1.54) is 26.1 Å². The number of carbonyl (C=O) groups excluding carboxylic acids is 2. The Hall–Kier alpha value is -3.49. The molecule has 8 nitrogen and oxygen atoms in total. The molecule has 2 fully saturated rings. The van der Waals surface area contributed by atoms with Gasteiger partial charge in [-0.3, -0.25) is 9.59 Å². The molecule has 2 amide bonds. The first-order valence-corrected chi connectivity index (χ1v) is 12.6. The van der Waals surface area contributed by atoms with Crippen molar-refractivity contribution in [1.82, 2.24) is 25.6 Å². The van der Waals surface area contributed by atoms with E-state index in [1.807, 2.05) is 32.0 Å². The van der Waals surface area contributed by atoms with Crippen LogP contribution >= 0.6 is 0 Å². The lowest BCUT2D eigenvalue weighted by atomic mass is 9.89. The van der Waals surface area contributed by atoms with E-state index in [-0.39, 0.29) is 24.3 Å². The van der Waals surface area contributed by atoms with Gasteiger partial charge in [-0.15, -0.1) is 0 Å². The third kappa shape index (κ3) is 5.05. The normalized spacial score (nSPS) is 21.8. The van der Waals surface area contributed by atoms with Gasteiger partial charge in [-0.05, 0) is 57.6 Å². The van der Waals surface area contributed by atoms with Gasteiger partial charge in [-0.25, -0.2) is 14.4 Å². The highest BCUT2D eigenvalue weighted by molar-refractivity contribution is 6.09. The Labute approximate surface area is 209 Å². The first-order chi connectivity index (χ1) is 17.3. The SMILES string of the molecule is CC(=O)N[C@H]1CC[C@@H](NC(=O)c2c(C)[nH]c3c(-c4cc(C)ccc4OCC4CC4)ncnc23)[C@H](F)C1. The molecule has 3 aromatic rings. The summed E-state index contributed by atoms with van der Waals surface area (Å²) in [4.78, 5) is 36.9. The number of hydrogen-bond donors (Lipinski definition) is 3. The Kier molecular flexibility index (Phi) is 6.64. The number of rotatable bonds is 7. The summed E-state index contributed by atoms with van der Waals surface area (Å²) in [6.45, 7) is 5.92. The molecule has 3 N–H and O–H groups in total. The maximum Gasteiger partial charge on any atom is 0.255 e. The summed E-state index contributed by atoms with van der Waals surface area (Å²) in [5.41, 5.74) is 4.74. The predicted molar refractivity (Wildman–Crippen MR) is 135 cm³/mol. The van der Waals surface area contributed by atoms with E-state index in [9.17, 15) is 14.0 Å². The quantitative estimate of drug-likeness (QED) is 0.458. The van der Waals surface area contributed by atoms with Crippen molar-refractivity contribution in [2.45, 2.75) is 71.1 Å². The highest BCUT2D eigenvalue weighted by Gasteiger charge is 2.33. The molecule has 0 bridgehead atoms. The Morgan fingerprint density at radius 3 is 2.67 bits per heavy atom. The van der Waals surface area contributed by atoms with Gasteiger partial charge in [0.05, 0.1) is 23.7 Å². The second-order valence-corrected chi connectivity index (χ2v) is 10.1. The second-order valence-electron chi connectivity index (χ2n) is 10.1. The number of carbonyl (C=O) groups is 2. The van der Waals surface area contributed by atoms with Gasteiger partial charge in [-0.2, -0.15) is 0 Å². The van der Waals surface area contributed by atoms with Crippen molar-refractivity contribution in [3.8, 4) is 17.0 Å². The number of fused-ring (bicyclic) bond motifs is 1. The molecule has 9 heteroatoms. The van der Waals surface area contributed by atoms with Crippen molar-refractivity contribution < 1.29 is 18.7 Å². The van der Waals surface area contributed by atoms with Crippen LogP contribution in [0.1, 0.15) is 60.6 Å². The molecule has 36 heavy (non-hydrogen) atoms. The molecular formula is C27H32FN5O3. The molecular weight excluding hydrogens is 461 g/mol. The van der Waals surface area contributed by atoms with Crippen LogP contribution in [-0.2, 0) is 4.79 Å². The van der Waals surface area contributed by atoms with Gasteiger partial charge in [0.2, 0.25) is 5.91 Å². The summed E-state index contributed by atoms with van der Waals surface area (Å²) in [5.74, 6) is 0.819. The summed E-state index contributed by atoms with van der Waals surface area (Å²) in [6, 6.07) is 5.18. The molecule has 0 radical (unpaired) electrons. The van der Waals surface area contributed by atoms with E-state index in [0.29, 0.717) is 53.4 Å². The average molecular weight is 494 g/mol. The lowest BCUT2D eigenvalue weighted by Gasteiger charge is -2.32. The van der Waals surface area contributed by atoms with Crippen LogP contribution in [0.25, 0.3) is 22.3 Å². The Bertz CT molecular complexity index is 1300. The van der Waals surface area contributed by atoms with Gasteiger partial charge in [-0.1, -0.05) is 11.6 Å². The molecule has 2 heterocycles. The minimum atomic E-state index is -1.24. The second kappa shape index (κ2) is 9.87. The summed E-state index contributed by atoms with van der Waals surface area (Å²) in [6.07, 6.45) is 3.84. The topological polar surface area (TPSA) is 109 Å². The van der Waals surface area contributed by atoms with Crippen molar-refractivity contribution >= 4 is 22.8 Å². The largest absolute Gasteiger partial charge is 0.493 e. The fourth-order valence-electron chi connectivity index (χ4n) is 4.99. The van der Waals surface area contributed by atoms with Crippen molar-refractivity contribution in [1.29, 1.82) is 0 Å². The number of amides is 2. The van der Waals surface area contributed by atoms with E-state index >= 15 is 0 Å². The van der Waals surface area contributed by atoms with Gasteiger partial charge in [0.25, 0.3) is 5.91 Å². The third-order valence-corrected chi connectivity index (χ3v) is 7.06. The van der Waals surface area contributed by atoms with Crippen molar-refractivity contribution in [3.05, 3.63) is 41.3 Å². The number of aromatic nitrogens is 3. The zero-order chi connectivity index (χ0) is 25.4. The number of H-pyrrole nitrogens is 1. The van der Waals surface area contributed by atoms with Gasteiger partial charge in [0, 0.05) is 30.6 Å². The van der Waals surface area contributed by atoms with Gasteiger partial charge in [0.15, 0.2) is 0 Å². The molecule has 2 aliphatic rings.